The van der Waals surface area contributed by atoms with Crippen LogP contribution < -0.4 is 11.1 Å². The highest BCUT2D eigenvalue weighted by Gasteiger charge is 2.27. The molecule has 0 bridgehead atoms. The first-order chi connectivity index (χ1) is 10.2. The summed E-state index contributed by atoms with van der Waals surface area (Å²) in [6, 6.07) is 6.28. The Morgan fingerprint density at radius 2 is 2.05 bits per heavy atom. The first-order valence-electron chi connectivity index (χ1n) is 8.10. The van der Waals surface area contributed by atoms with Crippen LogP contribution in [-0.2, 0) is 4.74 Å². The van der Waals surface area contributed by atoms with Crippen LogP contribution in [0.15, 0.2) is 18.2 Å². The number of nitrogen functional groups attached to an aromatic ring is 1. The Bertz CT molecular complexity index is 534. The van der Waals surface area contributed by atoms with Crippen molar-refractivity contribution in [2.24, 2.45) is 0 Å². The highest BCUT2D eigenvalue weighted by molar-refractivity contribution is 5.68. The number of nitrogens with two attached hydrogens (primary N) is 1. The molecule has 1 aliphatic carbocycles. The molecule has 1 amide bonds. The Kier molecular flexibility index (Phi) is 4.99. The standard InChI is InChI=1S/C18H28N2O2/c1-12-8-9-14(19)11-16(12)13-6-5-7-15(10-13)20-17(21)22-18(2,3)4/h8-9,11,13,15H,5-7,10,19H2,1-4H3,(H,20,21)/t13-,15+/m0/s1. The number of hydrogen-bond donors (Lipinski definition) is 2. The third-order valence-electron chi connectivity index (χ3n) is 4.14. The molecule has 1 aliphatic rings. The molecular weight excluding hydrogens is 276 g/mol. The lowest BCUT2D eigenvalue weighted by molar-refractivity contribution is 0.0490. The number of carbonyl (C=O) groups excluding carboxylic acids is 1. The molecule has 4 nitrogen and oxygen atoms in total. The van der Waals surface area contributed by atoms with E-state index in [1.54, 1.807) is 0 Å². The Morgan fingerprint density at radius 3 is 2.73 bits per heavy atom. The summed E-state index contributed by atoms with van der Waals surface area (Å²) in [5.74, 6) is 0.456. The summed E-state index contributed by atoms with van der Waals surface area (Å²) in [5.41, 5.74) is 8.87. The summed E-state index contributed by atoms with van der Waals surface area (Å²) in [4.78, 5) is 11.9. The van der Waals surface area contributed by atoms with Gasteiger partial charge in [0.05, 0.1) is 0 Å². The lowest BCUT2D eigenvalue weighted by atomic mass is 9.80. The monoisotopic (exact) mass is 304 g/mol. The summed E-state index contributed by atoms with van der Waals surface area (Å²) in [6.07, 6.45) is 3.90. The van der Waals surface area contributed by atoms with Crippen LogP contribution in [0, 0.1) is 6.92 Å². The molecule has 3 N–H and O–H groups in total. The molecule has 0 radical (unpaired) electrons. The molecule has 0 unspecified atom stereocenters. The quantitative estimate of drug-likeness (QED) is 0.807. The number of nitrogens with one attached hydrogen (secondary N) is 1. The second kappa shape index (κ2) is 6.59. The summed E-state index contributed by atoms with van der Waals surface area (Å²) >= 11 is 0. The van der Waals surface area contributed by atoms with Crippen molar-refractivity contribution in [3.63, 3.8) is 0 Å². The minimum Gasteiger partial charge on any atom is -0.444 e. The summed E-state index contributed by atoms with van der Waals surface area (Å²) < 4.78 is 5.35. The molecule has 1 fully saturated rings. The van der Waals surface area contributed by atoms with Gasteiger partial charge in [-0.1, -0.05) is 12.5 Å². The average Bonchev–Trinajstić information content (AvgIpc) is 2.39. The van der Waals surface area contributed by atoms with E-state index in [1.807, 2.05) is 26.8 Å². The van der Waals surface area contributed by atoms with Crippen LogP contribution in [0.3, 0.4) is 0 Å². The third-order valence-corrected chi connectivity index (χ3v) is 4.14. The fourth-order valence-corrected chi connectivity index (χ4v) is 3.18. The molecule has 0 spiro atoms. The van der Waals surface area contributed by atoms with Crippen molar-refractivity contribution < 1.29 is 9.53 Å². The lowest BCUT2D eigenvalue weighted by Crippen LogP contribution is -2.41. The van der Waals surface area contributed by atoms with E-state index in [9.17, 15) is 4.79 Å². The highest BCUT2D eigenvalue weighted by atomic mass is 16.6. The number of ether oxygens (including phenoxy) is 1. The Labute approximate surface area is 133 Å². The van der Waals surface area contributed by atoms with Crippen molar-refractivity contribution >= 4 is 11.8 Å². The van der Waals surface area contributed by atoms with Crippen molar-refractivity contribution in [3.8, 4) is 0 Å². The zero-order valence-corrected chi connectivity index (χ0v) is 14.1. The number of anilines is 1. The van der Waals surface area contributed by atoms with Gasteiger partial charge in [0.15, 0.2) is 0 Å². The van der Waals surface area contributed by atoms with Gasteiger partial charge in [0.2, 0.25) is 0 Å². The largest absolute Gasteiger partial charge is 0.444 e. The molecule has 0 aromatic heterocycles. The Balaban J connectivity index is 2.00. The van der Waals surface area contributed by atoms with Gasteiger partial charge in [-0.25, -0.2) is 4.79 Å². The number of benzene rings is 1. The first-order valence-corrected chi connectivity index (χ1v) is 8.10. The normalized spacial score (nSPS) is 22.2. The van der Waals surface area contributed by atoms with Crippen LogP contribution in [0.4, 0.5) is 10.5 Å². The third kappa shape index (κ3) is 4.65. The highest BCUT2D eigenvalue weighted by Crippen LogP contribution is 2.35. The average molecular weight is 304 g/mol. The van der Waals surface area contributed by atoms with E-state index in [4.69, 9.17) is 10.5 Å². The van der Waals surface area contributed by atoms with Gasteiger partial charge in [0.1, 0.15) is 5.60 Å². The van der Waals surface area contributed by atoms with Crippen molar-refractivity contribution in [3.05, 3.63) is 29.3 Å². The molecule has 2 rings (SSSR count). The van der Waals surface area contributed by atoms with Gasteiger partial charge >= 0.3 is 6.09 Å². The van der Waals surface area contributed by atoms with Gasteiger partial charge in [-0.2, -0.15) is 0 Å². The number of hydrogen-bond acceptors (Lipinski definition) is 3. The zero-order valence-electron chi connectivity index (χ0n) is 14.1. The molecule has 1 saturated carbocycles. The maximum atomic E-state index is 11.9. The fourth-order valence-electron chi connectivity index (χ4n) is 3.18. The van der Waals surface area contributed by atoms with Crippen molar-refractivity contribution in [2.75, 3.05) is 5.73 Å². The van der Waals surface area contributed by atoms with Crippen molar-refractivity contribution in [1.82, 2.24) is 5.32 Å². The number of aryl methyl sites for hydroxylation is 1. The molecule has 4 heteroatoms. The number of amides is 1. The van der Waals surface area contributed by atoms with Gasteiger partial charge < -0.3 is 15.8 Å². The molecular formula is C18H28N2O2. The van der Waals surface area contributed by atoms with Crippen LogP contribution in [0.25, 0.3) is 0 Å². The minimum atomic E-state index is -0.456. The first kappa shape index (κ1) is 16.7. The second-order valence-corrected chi connectivity index (χ2v) is 7.32. The predicted octanol–water partition coefficient (Wildman–Crippen LogP) is 4.13. The second-order valence-electron chi connectivity index (χ2n) is 7.32. The van der Waals surface area contributed by atoms with E-state index >= 15 is 0 Å². The van der Waals surface area contributed by atoms with E-state index in [0.717, 1.165) is 31.4 Å². The number of alkyl carbamates (subject to hydrolysis) is 1. The molecule has 0 saturated heterocycles. The van der Waals surface area contributed by atoms with E-state index in [0.29, 0.717) is 5.92 Å². The van der Waals surface area contributed by atoms with E-state index < -0.39 is 5.60 Å². The maximum Gasteiger partial charge on any atom is 0.407 e. The van der Waals surface area contributed by atoms with Crippen LogP contribution in [-0.4, -0.2) is 17.7 Å². The minimum absolute atomic E-state index is 0.175. The molecule has 22 heavy (non-hydrogen) atoms. The van der Waals surface area contributed by atoms with Crippen LogP contribution in [0.2, 0.25) is 0 Å². The maximum absolute atomic E-state index is 11.9. The van der Waals surface area contributed by atoms with E-state index in [1.165, 1.54) is 11.1 Å². The lowest BCUT2D eigenvalue weighted by Gasteiger charge is -2.31. The van der Waals surface area contributed by atoms with Crippen LogP contribution in [0.1, 0.15) is 63.5 Å². The molecule has 0 heterocycles. The van der Waals surface area contributed by atoms with Gasteiger partial charge in [-0.15, -0.1) is 0 Å². The van der Waals surface area contributed by atoms with E-state index in [2.05, 4.69) is 24.4 Å². The topological polar surface area (TPSA) is 64.3 Å². The van der Waals surface area contributed by atoms with Crippen molar-refractivity contribution in [2.45, 2.75) is 70.9 Å². The summed E-state index contributed by atoms with van der Waals surface area (Å²) in [6.45, 7) is 7.77. The summed E-state index contributed by atoms with van der Waals surface area (Å²) in [5, 5.41) is 3.02. The SMILES string of the molecule is Cc1ccc(N)cc1[C@H]1CCC[C@@H](NC(=O)OC(C)(C)C)C1. The number of rotatable bonds is 2. The van der Waals surface area contributed by atoms with Gasteiger partial charge in [-0.3, -0.25) is 0 Å². The smallest absolute Gasteiger partial charge is 0.407 e. The van der Waals surface area contributed by atoms with Gasteiger partial charge in [0, 0.05) is 11.7 Å². The number of carbonyl (C=O) groups is 1. The van der Waals surface area contributed by atoms with E-state index in [-0.39, 0.29) is 12.1 Å². The van der Waals surface area contributed by atoms with Crippen molar-refractivity contribution in [1.29, 1.82) is 0 Å². The van der Waals surface area contributed by atoms with Gasteiger partial charge in [0.25, 0.3) is 0 Å². The molecule has 0 aliphatic heterocycles. The molecule has 1 aromatic rings. The fraction of sp³-hybridized carbons (Fsp3) is 0.611. The summed E-state index contributed by atoms with van der Waals surface area (Å²) in [7, 11) is 0. The van der Waals surface area contributed by atoms with Gasteiger partial charge in [-0.05, 0) is 76.1 Å². The Hall–Kier alpha value is -1.71. The zero-order chi connectivity index (χ0) is 16.3. The molecule has 1 aromatic carbocycles. The Morgan fingerprint density at radius 1 is 1.32 bits per heavy atom. The molecule has 122 valence electrons. The van der Waals surface area contributed by atoms with Crippen LogP contribution in [0.5, 0.6) is 0 Å². The predicted molar refractivity (Wildman–Crippen MR) is 90.0 cm³/mol. The molecule has 2 atom stereocenters. The van der Waals surface area contributed by atoms with Crippen LogP contribution >= 0.6 is 0 Å².